The Morgan fingerprint density at radius 3 is 2.61 bits per heavy atom. The van der Waals surface area contributed by atoms with Gasteiger partial charge in [-0.15, -0.1) is 0 Å². The average molecular weight is 247 g/mol. The molecule has 1 heterocycles. The van der Waals surface area contributed by atoms with Gasteiger partial charge in [-0.3, -0.25) is 4.68 Å². The molecule has 1 aromatic carbocycles. The minimum absolute atomic E-state index is 0.381. The first-order valence-corrected chi connectivity index (χ1v) is 5.82. The summed E-state index contributed by atoms with van der Waals surface area (Å²) in [6.45, 7) is 3.13. The van der Waals surface area contributed by atoms with E-state index in [9.17, 15) is 0 Å². The zero-order valence-electron chi connectivity index (χ0n) is 10.6. The molecule has 0 fully saturated rings. The number of nitrogens with zero attached hydrogens (tertiary/aromatic N) is 2. The van der Waals surface area contributed by atoms with E-state index in [0.717, 1.165) is 12.1 Å². The fourth-order valence-electron chi connectivity index (χ4n) is 1.69. The van der Waals surface area contributed by atoms with Gasteiger partial charge in [-0.2, -0.15) is 5.10 Å². The Hall–Kier alpha value is -2.17. The summed E-state index contributed by atoms with van der Waals surface area (Å²) in [4.78, 5) is 0. The molecule has 0 bridgehead atoms. The molecule has 2 rings (SSSR count). The van der Waals surface area contributed by atoms with Crippen molar-refractivity contribution in [2.75, 3.05) is 12.8 Å². The molecular formula is C13H17N3O2. The van der Waals surface area contributed by atoms with Gasteiger partial charge >= 0.3 is 0 Å². The quantitative estimate of drug-likeness (QED) is 0.878. The Morgan fingerprint density at radius 2 is 2.00 bits per heavy atom. The minimum Gasteiger partial charge on any atom is -0.493 e. The second-order valence-corrected chi connectivity index (χ2v) is 3.81. The summed E-state index contributed by atoms with van der Waals surface area (Å²) in [6, 6.07) is 7.51. The highest BCUT2D eigenvalue weighted by Gasteiger charge is 2.08. The van der Waals surface area contributed by atoms with Gasteiger partial charge in [-0.25, -0.2) is 0 Å². The SMILES string of the molecule is CCn1ncc(COc2ccccc2OC)c1N. The molecule has 96 valence electrons. The number of nitrogens with two attached hydrogens (primary N) is 1. The molecule has 0 saturated heterocycles. The number of aromatic nitrogens is 2. The maximum atomic E-state index is 5.94. The fourth-order valence-corrected chi connectivity index (χ4v) is 1.69. The average Bonchev–Trinajstić information content (AvgIpc) is 2.77. The number of para-hydroxylation sites is 2. The van der Waals surface area contributed by atoms with Crippen molar-refractivity contribution in [3.8, 4) is 11.5 Å². The Balaban J connectivity index is 2.09. The highest BCUT2D eigenvalue weighted by Crippen LogP contribution is 2.27. The molecule has 0 aliphatic heterocycles. The van der Waals surface area contributed by atoms with Crippen LogP contribution in [0.3, 0.4) is 0 Å². The van der Waals surface area contributed by atoms with E-state index in [0.29, 0.717) is 23.9 Å². The van der Waals surface area contributed by atoms with Gasteiger partial charge in [0.25, 0.3) is 0 Å². The molecule has 0 aliphatic carbocycles. The van der Waals surface area contributed by atoms with E-state index in [4.69, 9.17) is 15.2 Å². The van der Waals surface area contributed by atoms with Crippen molar-refractivity contribution in [2.45, 2.75) is 20.1 Å². The van der Waals surface area contributed by atoms with Crippen LogP contribution in [0.1, 0.15) is 12.5 Å². The minimum atomic E-state index is 0.381. The fraction of sp³-hybridized carbons (Fsp3) is 0.308. The van der Waals surface area contributed by atoms with Crippen molar-refractivity contribution in [1.29, 1.82) is 0 Å². The second-order valence-electron chi connectivity index (χ2n) is 3.81. The molecule has 2 aromatic rings. The number of anilines is 1. The number of hydrogen-bond acceptors (Lipinski definition) is 4. The van der Waals surface area contributed by atoms with E-state index in [1.807, 2.05) is 31.2 Å². The van der Waals surface area contributed by atoms with Gasteiger partial charge in [0.05, 0.1) is 18.9 Å². The number of hydrogen-bond donors (Lipinski definition) is 1. The van der Waals surface area contributed by atoms with E-state index in [1.54, 1.807) is 18.0 Å². The van der Waals surface area contributed by atoms with Gasteiger partial charge in [-0.05, 0) is 19.1 Å². The van der Waals surface area contributed by atoms with Crippen LogP contribution in [0.25, 0.3) is 0 Å². The lowest BCUT2D eigenvalue weighted by atomic mass is 10.3. The lowest BCUT2D eigenvalue weighted by Gasteiger charge is -2.09. The van der Waals surface area contributed by atoms with Gasteiger partial charge in [0.2, 0.25) is 0 Å². The molecule has 0 atom stereocenters. The summed E-state index contributed by atoms with van der Waals surface area (Å²) >= 11 is 0. The predicted molar refractivity (Wildman–Crippen MR) is 69.6 cm³/mol. The largest absolute Gasteiger partial charge is 0.493 e. The molecule has 0 radical (unpaired) electrons. The van der Waals surface area contributed by atoms with Crippen LogP contribution >= 0.6 is 0 Å². The number of rotatable bonds is 5. The van der Waals surface area contributed by atoms with E-state index in [-0.39, 0.29) is 0 Å². The monoisotopic (exact) mass is 247 g/mol. The Bertz CT molecular complexity index is 523. The highest BCUT2D eigenvalue weighted by molar-refractivity contribution is 5.41. The third-order valence-corrected chi connectivity index (χ3v) is 2.71. The zero-order valence-corrected chi connectivity index (χ0v) is 10.6. The number of methoxy groups -OCH3 is 1. The van der Waals surface area contributed by atoms with E-state index in [1.165, 1.54) is 0 Å². The highest BCUT2D eigenvalue weighted by atomic mass is 16.5. The lowest BCUT2D eigenvalue weighted by Crippen LogP contribution is -2.05. The third-order valence-electron chi connectivity index (χ3n) is 2.71. The topological polar surface area (TPSA) is 62.3 Å². The summed E-state index contributed by atoms with van der Waals surface area (Å²) in [5.41, 5.74) is 6.82. The van der Waals surface area contributed by atoms with Gasteiger partial charge < -0.3 is 15.2 Å². The second kappa shape index (κ2) is 5.44. The van der Waals surface area contributed by atoms with Crippen molar-refractivity contribution in [3.05, 3.63) is 36.0 Å². The van der Waals surface area contributed by atoms with Crippen LogP contribution in [0.5, 0.6) is 11.5 Å². The normalized spacial score (nSPS) is 10.3. The number of ether oxygens (including phenoxy) is 2. The maximum Gasteiger partial charge on any atom is 0.161 e. The molecule has 0 saturated carbocycles. The Labute approximate surface area is 106 Å². The number of benzene rings is 1. The van der Waals surface area contributed by atoms with Crippen molar-refractivity contribution in [1.82, 2.24) is 9.78 Å². The van der Waals surface area contributed by atoms with Gasteiger partial charge in [0.1, 0.15) is 12.4 Å². The molecule has 0 amide bonds. The summed E-state index contributed by atoms with van der Waals surface area (Å²) in [6.07, 6.45) is 1.73. The van der Waals surface area contributed by atoms with E-state index < -0.39 is 0 Å². The van der Waals surface area contributed by atoms with Crippen molar-refractivity contribution < 1.29 is 9.47 Å². The van der Waals surface area contributed by atoms with Crippen LogP contribution in [-0.4, -0.2) is 16.9 Å². The molecule has 0 aliphatic rings. The summed E-state index contributed by atoms with van der Waals surface area (Å²) in [5, 5.41) is 4.17. The van der Waals surface area contributed by atoms with E-state index >= 15 is 0 Å². The molecule has 5 heteroatoms. The number of nitrogen functional groups attached to an aromatic ring is 1. The summed E-state index contributed by atoms with van der Waals surface area (Å²) < 4.78 is 12.6. The van der Waals surface area contributed by atoms with Crippen molar-refractivity contribution >= 4 is 5.82 Å². The maximum absolute atomic E-state index is 5.94. The Kier molecular flexibility index (Phi) is 3.72. The molecule has 2 N–H and O–H groups in total. The van der Waals surface area contributed by atoms with Gasteiger partial charge in [-0.1, -0.05) is 12.1 Å². The molecule has 5 nitrogen and oxygen atoms in total. The summed E-state index contributed by atoms with van der Waals surface area (Å²) in [7, 11) is 1.62. The van der Waals surface area contributed by atoms with Gasteiger partial charge in [0, 0.05) is 6.54 Å². The van der Waals surface area contributed by atoms with Crippen LogP contribution in [0.15, 0.2) is 30.5 Å². The first-order chi connectivity index (χ1) is 8.76. The third kappa shape index (κ3) is 2.40. The molecule has 18 heavy (non-hydrogen) atoms. The summed E-state index contributed by atoms with van der Waals surface area (Å²) in [5.74, 6) is 2.05. The van der Waals surface area contributed by atoms with Crippen molar-refractivity contribution in [2.24, 2.45) is 0 Å². The smallest absolute Gasteiger partial charge is 0.161 e. The zero-order chi connectivity index (χ0) is 13.0. The molecule has 0 unspecified atom stereocenters. The number of aryl methyl sites for hydroxylation is 1. The molecular weight excluding hydrogens is 230 g/mol. The lowest BCUT2D eigenvalue weighted by molar-refractivity contribution is 0.285. The van der Waals surface area contributed by atoms with Crippen molar-refractivity contribution in [3.63, 3.8) is 0 Å². The van der Waals surface area contributed by atoms with Crippen LogP contribution in [0.2, 0.25) is 0 Å². The first kappa shape index (κ1) is 12.3. The van der Waals surface area contributed by atoms with Crippen LogP contribution in [0.4, 0.5) is 5.82 Å². The molecule has 1 aromatic heterocycles. The predicted octanol–water partition coefficient (Wildman–Crippen LogP) is 2.07. The molecule has 0 spiro atoms. The van der Waals surface area contributed by atoms with Crippen LogP contribution in [0, 0.1) is 0 Å². The standard InChI is InChI=1S/C13H17N3O2/c1-3-16-13(14)10(8-15-16)9-18-12-7-5-4-6-11(12)17-2/h4-8H,3,9,14H2,1-2H3. The van der Waals surface area contributed by atoms with Crippen LogP contribution < -0.4 is 15.2 Å². The van der Waals surface area contributed by atoms with Crippen LogP contribution in [-0.2, 0) is 13.2 Å². The van der Waals surface area contributed by atoms with E-state index in [2.05, 4.69) is 5.10 Å². The van der Waals surface area contributed by atoms with Gasteiger partial charge in [0.15, 0.2) is 11.5 Å². The first-order valence-electron chi connectivity index (χ1n) is 5.82. The Morgan fingerprint density at radius 1 is 1.28 bits per heavy atom.